The Balaban J connectivity index is 1.34. The molecular weight excluding hydrogens is 412 g/mol. The van der Waals surface area contributed by atoms with E-state index in [1.807, 2.05) is 43.6 Å². The van der Waals surface area contributed by atoms with Crippen LogP contribution in [0.15, 0.2) is 61.1 Å². The summed E-state index contributed by atoms with van der Waals surface area (Å²) in [6.45, 7) is 4.42. The highest BCUT2D eigenvalue weighted by Crippen LogP contribution is 2.39. The van der Waals surface area contributed by atoms with Gasteiger partial charge in [0.25, 0.3) is 0 Å². The summed E-state index contributed by atoms with van der Waals surface area (Å²) in [5, 5.41) is 3.00. The number of aryl methyl sites for hydroxylation is 1. The number of nitrogens with one attached hydrogen (secondary N) is 1. The van der Waals surface area contributed by atoms with E-state index < -0.39 is 0 Å². The van der Waals surface area contributed by atoms with E-state index in [0.717, 1.165) is 78.6 Å². The van der Waals surface area contributed by atoms with Gasteiger partial charge in [-0.15, -0.1) is 0 Å². The molecule has 2 fully saturated rings. The molecule has 7 nitrogen and oxygen atoms in total. The Morgan fingerprint density at radius 1 is 0.939 bits per heavy atom. The summed E-state index contributed by atoms with van der Waals surface area (Å²) in [6, 6.07) is 14.5. The lowest BCUT2D eigenvalue weighted by molar-refractivity contribution is -0.128. The van der Waals surface area contributed by atoms with Crippen LogP contribution in [0.1, 0.15) is 24.8 Å². The molecule has 2 aliphatic heterocycles. The van der Waals surface area contributed by atoms with Gasteiger partial charge in [-0.1, -0.05) is 30.3 Å². The number of amides is 1. The molecule has 166 valence electrons. The molecule has 33 heavy (non-hydrogen) atoms. The SMILES string of the molecule is Cc1cnc(N2CCC3(CCNC3=O)CC2)nc1-c1cnc2ccc(-c3ccccc3)cn12. The number of rotatable bonds is 3. The van der Waals surface area contributed by atoms with E-state index in [1.54, 1.807) is 0 Å². The Bertz CT molecular complexity index is 1340. The normalized spacial score (nSPS) is 17.6. The zero-order valence-corrected chi connectivity index (χ0v) is 18.7. The van der Waals surface area contributed by atoms with Crippen LogP contribution in [0.3, 0.4) is 0 Å². The Morgan fingerprint density at radius 3 is 2.52 bits per heavy atom. The number of pyridine rings is 1. The van der Waals surface area contributed by atoms with E-state index in [2.05, 4.69) is 49.0 Å². The highest BCUT2D eigenvalue weighted by molar-refractivity contribution is 5.85. The van der Waals surface area contributed by atoms with Gasteiger partial charge in [0.15, 0.2) is 0 Å². The smallest absolute Gasteiger partial charge is 0.226 e. The van der Waals surface area contributed by atoms with Crippen LogP contribution in [0.25, 0.3) is 28.2 Å². The van der Waals surface area contributed by atoms with Gasteiger partial charge >= 0.3 is 0 Å². The van der Waals surface area contributed by atoms with Crippen molar-refractivity contribution in [3.63, 3.8) is 0 Å². The Kier molecular flexibility index (Phi) is 4.64. The van der Waals surface area contributed by atoms with E-state index in [0.29, 0.717) is 0 Å². The predicted octanol–water partition coefficient (Wildman–Crippen LogP) is 3.87. The number of carbonyl (C=O) groups is 1. The Morgan fingerprint density at radius 2 is 1.76 bits per heavy atom. The lowest BCUT2D eigenvalue weighted by Crippen LogP contribution is -2.44. The van der Waals surface area contributed by atoms with Crippen molar-refractivity contribution in [2.45, 2.75) is 26.2 Å². The average molecular weight is 439 g/mol. The third kappa shape index (κ3) is 3.35. The first-order valence-corrected chi connectivity index (χ1v) is 11.5. The van der Waals surface area contributed by atoms with Gasteiger partial charge in [-0.3, -0.25) is 9.20 Å². The van der Waals surface area contributed by atoms with Crippen LogP contribution in [0.4, 0.5) is 5.95 Å². The van der Waals surface area contributed by atoms with Crippen molar-refractivity contribution < 1.29 is 4.79 Å². The van der Waals surface area contributed by atoms with Crippen molar-refractivity contribution in [1.82, 2.24) is 24.7 Å². The van der Waals surface area contributed by atoms with Crippen molar-refractivity contribution in [3.05, 3.63) is 66.6 Å². The molecule has 0 atom stereocenters. The number of piperidine rings is 1. The maximum absolute atomic E-state index is 12.3. The fourth-order valence-corrected chi connectivity index (χ4v) is 5.13. The van der Waals surface area contributed by atoms with Gasteiger partial charge in [-0.05, 0) is 55.0 Å². The lowest BCUT2D eigenvalue weighted by atomic mass is 9.77. The first-order valence-electron chi connectivity index (χ1n) is 11.5. The topological polar surface area (TPSA) is 75.4 Å². The van der Waals surface area contributed by atoms with Crippen molar-refractivity contribution in [3.8, 4) is 22.5 Å². The zero-order valence-electron chi connectivity index (χ0n) is 18.7. The number of benzene rings is 1. The molecule has 6 rings (SSSR count). The highest BCUT2D eigenvalue weighted by atomic mass is 16.2. The summed E-state index contributed by atoms with van der Waals surface area (Å²) in [5.74, 6) is 0.936. The monoisotopic (exact) mass is 438 g/mol. The second kappa shape index (κ2) is 7.69. The van der Waals surface area contributed by atoms with E-state index in [4.69, 9.17) is 4.98 Å². The zero-order chi connectivity index (χ0) is 22.4. The molecule has 0 radical (unpaired) electrons. The summed E-state index contributed by atoms with van der Waals surface area (Å²) in [4.78, 5) is 28.8. The van der Waals surface area contributed by atoms with Gasteiger partial charge in [0.1, 0.15) is 5.65 Å². The number of fused-ring (bicyclic) bond motifs is 1. The molecule has 2 aliphatic rings. The first kappa shape index (κ1) is 19.9. The van der Waals surface area contributed by atoms with E-state index in [-0.39, 0.29) is 11.3 Å². The van der Waals surface area contributed by atoms with Crippen LogP contribution in [-0.2, 0) is 4.79 Å². The van der Waals surface area contributed by atoms with Crippen LogP contribution in [0.2, 0.25) is 0 Å². The van der Waals surface area contributed by atoms with Crippen molar-refractivity contribution in [1.29, 1.82) is 0 Å². The highest BCUT2D eigenvalue weighted by Gasteiger charge is 2.44. The number of imidazole rings is 1. The van der Waals surface area contributed by atoms with Crippen LogP contribution in [0.5, 0.6) is 0 Å². The van der Waals surface area contributed by atoms with Crippen molar-refractivity contribution >= 4 is 17.5 Å². The molecule has 1 amide bonds. The predicted molar refractivity (Wildman–Crippen MR) is 128 cm³/mol. The van der Waals surface area contributed by atoms with Gasteiger partial charge in [0.05, 0.1) is 23.0 Å². The summed E-state index contributed by atoms with van der Waals surface area (Å²) in [7, 11) is 0. The second-order valence-corrected chi connectivity index (χ2v) is 9.13. The fraction of sp³-hybridized carbons (Fsp3) is 0.308. The minimum atomic E-state index is -0.195. The quantitative estimate of drug-likeness (QED) is 0.526. The van der Waals surface area contributed by atoms with Gasteiger partial charge in [-0.25, -0.2) is 15.0 Å². The molecule has 3 aromatic heterocycles. The lowest BCUT2D eigenvalue weighted by Gasteiger charge is -2.37. The Hall–Kier alpha value is -3.74. The van der Waals surface area contributed by atoms with Crippen LogP contribution >= 0.6 is 0 Å². The summed E-state index contributed by atoms with van der Waals surface area (Å²) >= 11 is 0. The second-order valence-electron chi connectivity index (χ2n) is 9.13. The third-order valence-electron chi connectivity index (χ3n) is 7.19. The maximum atomic E-state index is 12.3. The van der Waals surface area contributed by atoms with Crippen LogP contribution < -0.4 is 10.2 Å². The largest absolute Gasteiger partial charge is 0.356 e. The molecular formula is C26H26N6O. The van der Waals surface area contributed by atoms with Crippen LogP contribution in [-0.4, -0.2) is 44.9 Å². The molecule has 0 saturated carbocycles. The fourth-order valence-electron chi connectivity index (χ4n) is 5.13. The molecule has 1 aromatic carbocycles. The molecule has 5 heterocycles. The number of carbonyl (C=O) groups excluding carboxylic acids is 1. The summed E-state index contributed by atoms with van der Waals surface area (Å²) < 4.78 is 2.11. The minimum absolute atomic E-state index is 0.195. The molecule has 0 bridgehead atoms. The molecule has 1 N–H and O–H groups in total. The number of nitrogens with zero attached hydrogens (tertiary/aromatic N) is 5. The van der Waals surface area contributed by atoms with Crippen molar-refractivity contribution in [2.75, 3.05) is 24.5 Å². The average Bonchev–Trinajstić information content (AvgIpc) is 3.44. The molecule has 7 heteroatoms. The van der Waals surface area contributed by atoms with Gasteiger partial charge in [0, 0.05) is 32.0 Å². The number of hydrogen-bond donors (Lipinski definition) is 1. The molecule has 1 spiro atoms. The summed E-state index contributed by atoms with van der Waals surface area (Å²) in [5.41, 5.74) is 5.83. The molecule has 2 saturated heterocycles. The number of hydrogen-bond acceptors (Lipinski definition) is 5. The van der Waals surface area contributed by atoms with Crippen molar-refractivity contribution in [2.24, 2.45) is 5.41 Å². The third-order valence-corrected chi connectivity index (χ3v) is 7.19. The first-order chi connectivity index (χ1) is 16.1. The maximum Gasteiger partial charge on any atom is 0.226 e. The molecule has 0 aliphatic carbocycles. The Labute approximate surface area is 192 Å². The van der Waals surface area contributed by atoms with E-state index in [9.17, 15) is 4.79 Å². The number of anilines is 1. The molecule has 0 unspecified atom stereocenters. The minimum Gasteiger partial charge on any atom is -0.356 e. The van der Waals surface area contributed by atoms with Gasteiger partial charge in [0.2, 0.25) is 11.9 Å². The van der Waals surface area contributed by atoms with E-state index >= 15 is 0 Å². The van der Waals surface area contributed by atoms with Gasteiger partial charge in [-0.2, -0.15) is 0 Å². The summed E-state index contributed by atoms with van der Waals surface area (Å²) in [6.07, 6.45) is 8.54. The van der Waals surface area contributed by atoms with Crippen LogP contribution in [0, 0.1) is 12.3 Å². The van der Waals surface area contributed by atoms with E-state index in [1.165, 1.54) is 0 Å². The standard InChI is InChI=1S/C26H26N6O/c1-18-15-29-25(31-13-10-26(11-14-31)9-12-27-24(26)33)30-23(18)21-16-28-22-8-7-20(17-32(21)22)19-5-3-2-4-6-19/h2-8,15-17H,9-14H2,1H3,(H,27,33). The number of aromatic nitrogens is 4. The molecule has 4 aromatic rings. The van der Waals surface area contributed by atoms with Gasteiger partial charge < -0.3 is 10.2 Å².